The molecule has 1 aliphatic rings. The summed E-state index contributed by atoms with van der Waals surface area (Å²) in [6.45, 7) is 1.42. The van der Waals surface area contributed by atoms with E-state index >= 15 is 0 Å². The first-order valence-electron chi connectivity index (χ1n) is 7.05. The average Bonchev–Trinajstić information content (AvgIpc) is 2.44. The molecule has 1 aromatic carbocycles. The van der Waals surface area contributed by atoms with E-state index in [1.54, 1.807) is 18.2 Å². The van der Waals surface area contributed by atoms with E-state index < -0.39 is 5.97 Å². The van der Waals surface area contributed by atoms with Crippen LogP contribution in [-0.2, 0) is 4.74 Å². The van der Waals surface area contributed by atoms with E-state index in [9.17, 15) is 4.79 Å². The third kappa shape index (κ3) is 4.49. The van der Waals surface area contributed by atoms with E-state index in [0.29, 0.717) is 17.2 Å². The summed E-state index contributed by atoms with van der Waals surface area (Å²) in [5.41, 5.74) is 1.17. The Morgan fingerprint density at radius 1 is 1.35 bits per heavy atom. The summed E-state index contributed by atoms with van der Waals surface area (Å²) in [4.78, 5) is 10.9. The number of anilines is 1. The zero-order valence-electron chi connectivity index (χ0n) is 11.4. The number of nitrogens with one attached hydrogen (secondary N) is 1. The molecule has 0 saturated heterocycles. The summed E-state index contributed by atoms with van der Waals surface area (Å²) in [5.74, 6) is -0.927. The maximum atomic E-state index is 10.9. The minimum atomic E-state index is -0.927. The van der Waals surface area contributed by atoms with Crippen molar-refractivity contribution < 1.29 is 14.6 Å². The number of halogens is 1. The maximum absolute atomic E-state index is 10.9. The van der Waals surface area contributed by atoms with Crippen molar-refractivity contribution in [3.8, 4) is 0 Å². The normalized spacial score (nSPS) is 16.1. The number of aromatic carboxylic acids is 1. The van der Waals surface area contributed by atoms with E-state index in [1.165, 1.54) is 32.1 Å². The van der Waals surface area contributed by atoms with Gasteiger partial charge in [0.15, 0.2) is 0 Å². The van der Waals surface area contributed by atoms with Gasteiger partial charge in [-0.15, -0.1) is 0 Å². The molecule has 0 radical (unpaired) electrons. The first kappa shape index (κ1) is 15.3. The summed E-state index contributed by atoms with van der Waals surface area (Å²) in [6.07, 6.45) is 6.68. The van der Waals surface area contributed by atoms with Crippen LogP contribution in [0, 0.1) is 0 Å². The Balaban J connectivity index is 1.73. The molecule has 1 fully saturated rings. The van der Waals surface area contributed by atoms with Crippen LogP contribution in [0.3, 0.4) is 0 Å². The molecule has 0 atom stereocenters. The fraction of sp³-hybridized carbons (Fsp3) is 0.533. The Morgan fingerprint density at radius 2 is 2.10 bits per heavy atom. The second kappa shape index (κ2) is 7.64. The van der Waals surface area contributed by atoms with Crippen LogP contribution in [-0.4, -0.2) is 30.3 Å². The molecule has 2 N–H and O–H groups in total. The molecule has 2 rings (SSSR count). The third-order valence-electron chi connectivity index (χ3n) is 3.54. The van der Waals surface area contributed by atoms with Gasteiger partial charge >= 0.3 is 5.97 Å². The molecule has 4 nitrogen and oxygen atoms in total. The molecule has 1 aliphatic carbocycles. The predicted octanol–water partition coefficient (Wildman–Crippen LogP) is 3.91. The quantitative estimate of drug-likeness (QED) is 0.770. The molecule has 20 heavy (non-hydrogen) atoms. The number of carboxylic acid groups (broad SMARTS) is 1. The second-order valence-corrected chi connectivity index (χ2v) is 5.91. The molecule has 0 amide bonds. The van der Waals surface area contributed by atoms with E-state index in [4.69, 9.17) is 9.84 Å². The van der Waals surface area contributed by atoms with Gasteiger partial charge in [0.2, 0.25) is 0 Å². The molecule has 0 spiro atoms. The Kier molecular flexibility index (Phi) is 5.86. The van der Waals surface area contributed by atoms with Crippen molar-refractivity contribution in [1.82, 2.24) is 0 Å². The van der Waals surface area contributed by atoms with Gasteiger partial charge in [-0.25, -0.2) is 4.79 Å². The van der Waals surface area contributed by atoms with Gasteiger partial charge in [0.05, 0.1) is 18.3 Å². The zero-order valence-corrected chi connectivity index (χ0v) is 13.0. The van der Waals surface area contributed by atoms with Crippen molar-refractivity contribution in [2.24, 2.45) is 0 Å². The van der Waals surface area contributed by atoms with Gasteiger partial charge in [0.1, 0.15) is 0 Å². The van der Waals surface area contributed by atoms with Crippen LogP contribution in [0.2, 0.25) is 0 Å². The summed E-state index contributed by atoms with van der Waals surface area (Å²) >= 11 is 3.27. The van der Waals surface area contributed by atoms with Crippen molar-refractivity contribution in [3.05, 3.63) is 28.2 Å². The fourth-order valence-electron chi connectivity index (χ4n) is 2.45. The predicted molar refractivity (Wildman–Crippen MR) is 82.4 cm³/mol. The molecule has 1 aromatic rings. The molecule has 0 bridgehead atoms. The van der Waals surface area contributed by atoms with Crippen molar-refractivity contribution in [1.29, 1.82) is 0 Å². The Bertz CT molecular complexity index is 458. The number of hydrogen-bond acceptors (Lipinski definition) is 3. The van der Waals surface area contributed by atoms with E-state index in [1.807, 2.05) is 0 Å². The van der Waals surface area contributed by atoms with E-state index in [0.717, 1.165) is 12.2 Å². The van der Waals surface area contributed by atoms with Crippen molar-refractivity contribution in [3.63, 3.8) is 0 Å². The summed E-state index contributed by atoms with van der Waals surface area (Å²) < 4.78 is 6.41. The van der Waals surface area contributed by atoms with Gasteiger partial charge in [-0.05, 0) is 47.0 Å². The number of rotatable bonds is 6. The van der Waals surface area contributed by atoms with Gasteiger partial charge in [-0.1, -0.05) is 19.3 Å². The van der Waals surface area contributed by atoms with Crippen molar-refractivity contribution in [2.45, 2.75) is 38.2 Å². The van der Waals surface area contributed by atoms with Crippen molar-refractivity contribution >= 4 is 27.6 Å². The van der Waals surface area contributed by atoms with Gasteiger partial charge < -0.3 is 15.2 Å². The Morgan fingerprint density at radius 3 is 2.75 bits per heavy atom. The number of hydrogen-bond donors (Lipinski definition) is 2. The molecule has 5 heteroatoms. The molecule has 0 aliphatic heterocycles. The SMILES string of the molecule is O=C(O)c1ccc(NCCOC2CCCCC2)cc1Br. The van der Waals surface area contributed by atoms with Gasteiger partial charge in [-0.2, -0.15) is 0 Å². The van der Waals surface area contributed by atoms with Crippen LogP contribution >= 0.6 is 15.9 Å². The number of benzene rings is 1. The molecule has 0 unspecified atom stereocenters. The highest BCUT2D eigenvalue weighted by Crippen LogP contribution is 2.22. The van der Waals surface area contributed by atoms with Crippen LogP contribution in [0.5, 0.6) is 0 Å². The van der Waals surface area contributed by atoms with Gasteiger partial charge in [0.25, 0.3) is 0 Å². The lowest BCUT2D eigenvalue weighted by Gasteiger charge is -2.22. The Labute approximate surface area is 127 Å². The van der Waals surface area contributed by atoms with Crippen LogP contribution in [0.1, 0.15) is 42.5 Å². The lowest BCUT2D eigenvalue weighted by atomic mass is 9.98. The zero-order chi connectivity index (χ0) is 14.4. The molecular formula is C15H20BrNO3. The monoisotopic (exact) mass is 341 g/mol. The van der Waals surface area contributed by atoms with Gasteiger partial charge in [0, 0.05) is 16.7 Å². The standard InChI is InChI=1S/C15H20BrNO3/c16-14-10-11(6-7-13(14)15(18)19)17-8-9-20-12-4-2-1-3-5-12/h6-7,10,12,17H,1-5,8-9H2,(H,18,19). The summed E-state index contributed by atoms with van der Waals surface area (Å²) in [6, 6.07) is 5.15. The lowest BCUT2D eigenvalue weighted by Crippen LogP contribution is -2.20. The minimum Gasteiger partial charge on any atom is -0.478 e. The fourth-order valence-corrected chi connectivity index (χ4v) is 3.00. The van der Waals surface area contributed by atoms with Gasteiger partial charge in [-0.3, -0.25) is 0 Å². The van der Waals surface area contributed by atoms with Crippen LogP contribution in [0.25, 0.3) is 0 Å². The molecule has 1 saturated carbocycles. The summed E-state index contributed by atoms with van der Waals surface area (Å²) in [5, 5.41) is 12.2. The second-order valence-electron chi connectivity index (χ2n) is 5.06. The summed E-state index contributed by atoms with van der Waals surface area (Å²) in [7, 11) is 0. The number of carbonyl (C=O) groups is 1. The highest BCUT2D eigenvalue weighted by molar-refractivity contribution is 9.10. The third-order valence-corrected chi connectivity index (χ3v) is 4.19. The first-order chi connectivity index (χ1) is 9.66. The highest BCUT2D eigenvalue weighted by atomic mass is 79.9. The topological polar surface area (TPSA) is 58.6 Å². The smallest absolute Gasteiger partial charge is 0.336 e. The number of ether oxygens (including phenoxy) is 1. The first-order valence-corrected chi connectivity index (χ1v) is 7.84. The molecular weight excluding hydrogens is 322 g/mol. The number of carboxylic acids is 1. The Hall–Kier alpha value is -1.07. The van der Waals surface area contributed by atoms with E-state index in [2.05, 4.69) is 21.2 Å². The average molecular weight is 342 g/mol. The molecule has 0 heterocycles. The van der Waals surface area contributed by atoms with Crippen LogP contribution < -0.4 is 5.32 Å². The minimum absolute atomic E-state index is 0.272. The molecule has 110 valence electrons. The molecule has 0 aromatic heterocycles. The lowest BCUT2D eigenvalue weighted by molar-refractivity contribution is 0.0347. The van der Waals surface area contributed by atoms with Crippen molar-refractivity contribution in [2.75, 3.05) is 18.5 Å². The highest BCUT2D eigenvalue weighted by Gasteiger charge is 2.13. The van der Waals surface area contributed by atoms with E-state index in [-0.39, 0.29) is 5.56 Å². The van der Waals surface area contributed by atoms with Crippen LogP contribution in [0.15, 0.2) is 22.7 Å². The largest absolute Gasteiger partial charge is 0.478 e. The maximum Gasteiger partial charge on any atom is 0.336 e. The van der Waals surface area contributed by atoms with Crippen LogP contribution in [0.4, 0.5) is 5.69 Å².